The van der Waals surface area contributed by atoms with E-state index in [1.165, 1.54) is 6.26 Å². The number of hydrogen-bond donors (Lipinski definition) is 3. The maximum Gasteiger partial charge on any atom is 0.408 e. The van der Waals surface area contributed by atoms with Gasteiger partial charge in [-0.15, -0.1) is 24.0 Å². The third kappa shape index (κ3) is 9.83. The lowest BCUT2D eigenvalue weighted by atomic mass is 9.93. The van der Waals surface area contributed by atoms with Gasteiger partial charge >= 0.3 is 6.09 Å². The predicted octanol–water partition coefficient (Wildman–Crippen LogP) is 3.43. The number of amides is 1. The lowest BCUT2D eigenvalue weighted by Crippen LogP contribution is -2.57. The summed E-state index contributed by atoms with van der Waals surface area (Å²) in [5.41, 5.74) is -0.197. The summed E-state index contributed by atoms with van der Waals surface area (Å²) in [7, 11) is 0. The summed E-state index contributed by atoms with van der Waals surface area (Å²) in [5.74, 6) is 0.660. The molecule has 0 saturated carbocycles. The van der Waals surface area contributed by atoms with Crippen LogP contribution in [-0.2, 0) is 11.3 Å². The van der Waals surface area contributed by atoms with Crippen molar-refractivity contribution < 1.29 is 14.1 Å². The number of alkyl carbamates (subject to hydrolysis) is 1. The minimum Gasteiger partial charge on any atom is -0.444 e. The van der Waals surface area contributed by atoms with Crippen molar-refractivity contribution in [3.63, 3.8) is 0 Å². The number of nitrogens with zero attached hydrogens (tertiary/aromatic N) is 2. The van der Waals surface area contributed by atoms with Crippen molar-refractivity contribution in [2.45, 2.75) is 72.1 Å². The molecule has 1 rings (SSSR count). The van der Waals surface area contributed by atoms with Gasteiger partial charge in [-0.3, -0.25) is 0 Å². The van der Waals surface area contributed by atoms with Crippen molar-refractivity contribution >= 4 is 36.0 Å². The minimum absolute atomic E-state index is 0. The van der Waals surface area contributed by atoms with E-state index >= 15 is 0 Å². The fourth-order valence-corrected chi connectivity index (χ4v) is 2.31. The van der Waals surface area contributed by atoms with Crippen molar-refractivity contribution in [2.24, 2.45) is 4.99 Å². The van der Waals surface area contributed by atoms with Gasteiger partial charge in [0.15, 0.2) is 5.96 Å². The van der Waals surface area contributed by atoms with Gasteiger partial charge in [-0.1, -0.05) is 19.0 Å². The number of nitrogens with one attached hydrogen (secondary N) is 3. The molecule has 1 aromatic rings. The van der Waals surface area contributed by atoms with Crippen LogP contribution in [0.4, 0.5) is 4.79 Å². The van der Waals surface area contributed by atoms with Gasteiger partial charge in [0.2, 0.25) is 0 Å². The first-order chi connectivity index (χ1) is 12.2. The summed E-state index contributed by atoms with van der Waals surface area (Å²) >= 11 is 0. The zero-order valence-corrected chi connectivity index (χ0v) is 19.5. The lowest BCUT2D eigenvalue weighted by Gasteiger charge is -2.34. The molecule has 8 nitrogen and oxygen atoms in total. The minimum atomic E-state index is -0.529. The highest BCUT2D eigenvalue weighted by molar-refractivity contribution is 14.0. The first-order valence-corrected chi connectivity index (χ1v) is 9.16. The Morgan fingerprint density at radius 3 is 2.37 bits per heavy atom. The van der Waals surface area contributed by atoms with E-state index in [-0.39, 0.29) is 24.0 Å². The summed E-state index contributed by atoms with van der Waals surface area (Å²) in [6, 6.07) is 1.78. The van der Waals surface area contributed by atoms with Gasteiger partial charge in [-0.05, 0) is 40.5 Å². The second kappa shape index (κ2) is 12.0. The molecule has 1 heterocycles. The number of carbonyl (C=O) groups excluding carboxylic acids is 1. The van der Waals surface area contributed by atoms with Crippen LogP contribution in [0.5, 0.6) is 0 Å². The molecule has 0 aliphatic rings. The van der Waals surface area contributed by atoms with Crippen LogP contribution < -0.4 is 16.0 Å². The molecular weight excluding hydrogens is 461 g/mol. The first-order valence-electron chi connectivity index (χ1n) is 9.16. The monoisotopic (exact) mass is 495 g/mol. The van der Waals surface area contributed by atoms with Gasteiger partial charge in [-0.25, -0.2) is 9.79 Å². The van der Waals surface area contributed by atoms with E-state index in [0.717, 1.165) is 25.1 Å². The van der Waals surface area contributed by atoms with Crippen LogP contribution >= 0.6 is 24.0 Å². The molecule has 3 N–H and O–H groups in total. The normalized spacial score (nSPS) is 12.1. The van der Waals surface area contributed by atoms with E-state index in [2.05, 4.69) is 26.1 Å². The molecule has 0 bridgehead atoms. The highest BCUT2D eigenvalue weighted by atomic mass is 127. The Morgan fingerprint density at radius 2 is 1.89 bits per heavy atom. The van der Waals surface area contributed by atoms with Gasteiger partial charge in [0.25, 0.3) is 0 Å². The Labute approximate surface area is 179 Å². The largest absolute Gasteiger partial charge is 0.444 e. The van der Waals surface area contributed by atoms with Crippen LogP contribution in [0.1, 0.15) is 60.1 Å². The van der Waals surface area contributed by atoms with E-state index in [1.807, 2.05) is 41.5 Å². The molecule has 0 aliphatic carbocycles. The average molecular weight is 495 g/mol. The molecule has 1 amide bonds. The van der Waals surface area contributed by atoms with Crippen molar-refractivity contribution in [1.29, 1.82) is 0 Å². The molecule has 0 unspecified atom stereocenters. The summed E-state index contributed by atoms with van der Waals surface area (Å²) < 4.78 is 10.2. The Balaban J connectivity index is 0.00000676. The fourth-order valence-electron chi connectivity index (χ4n) is 2.31. The Bertz CT molecular complexity index is 566. The molecule has 0 atom stereocenters. The van der Waals surface area contributed by atoms with Gasteiger partial charge in [0, 0.05) is 19.2 Å². The van der Waals surface area contributed by atoms with Gasteiger partial charge in [0.05, 0.1) is 12.1 Å². The number of rotatable bonds is 8. The average Bonchev–Trinajstić information content (AvgIpc) is 3.08. The van der Waals surface area contributed by atoms with E-state index in [0.29, 0.717) is 19.0 Å². The molecule has 1 aromatic heterocycles. The summed E-state index contributed by atoms with van der Waals surface area (Å²) in [4.78, 5) is 16.7. The van der Waals surface area contributed by atoms with Crippen molar-refractivity contribution in [3.8, 4) is 0 Å². The maximum atomic E-state index is 12.2. The molecule has 0 spiro atoms. The molecule has 27 heavy (non-hydrogen) atoms. The molecule has 0 saturated heterocycles. The molecule has 156 valence electrons. The number of aliphatic imine (C=N–C) groups is 1. The van der Waals surface area contributed by atoms with Crippen LogP contribution in [0.15, 0.2) is 21.8 Å². The van der Waals surface area contributed by atoms with E-state index in [4.69, 9.17) is 9.26 Å². The van der Waals surface area contributed by atoms with Crippen LogP contribution in [-0.4, -0.2) is 41.4 Å². The highest BCUT2D eigenvalue weighted by Crippen LogP contribution is 2.16. The topological polar surface area (TPSA) is 101 Å². The van der Waals surface area contributed by atoms with E-state index in [1.54, 1.807) is 6.07 Å². The summed E-state index contributed by atoms with van der Waals surface area (Å²) in [6.45, 7) is 13.3. The van der Waals surface area contributed by atoms with E-state index in [9.17, 15) is 4.79 Å². The lowest BCUT2D eigenvalue weighted by molar-refractivity contribution is 0.0448. The molecular formula is C18H34IN5O3. The number of ether oxygens (including phenoxy) is 1. The zero-order valence-electron chi connectivity index (χ0n) is 17.2. The molecule has 0 aliphatic heterocycles. The van der Waals surface area contributed by atoms with Crippen molar-refractivity contribution in [3.05, 3.63) is 18.0 Å². The number of aromatic nitrogens is 1. The summed E-state index contributed by atoms with van der Waals surface area (Å²) in [6.07, 6.45) is 2.64. The van der Waals surface area contributed by atoms with Crippen LogP contribution in [0, 0.1) is 0 Å². The van der Waals surface area contributed by atoms with Crippen LogP contribution in [0.25, 0.3) is 0 Å². The van der Waals surface area contributed by atoms with Crippen molar-refractivity contribution in [1.82, 2.24) is 21.1 Å². The Hall–Kier alpha value is -1.52. The summed E-state index contributed by atoms with van der Waals surface area (Å²) in [5, 5.41) is 13.4. The van der Waals surface area contributed by atoms with E-state index < -0.39 is 17.2 Å². The number of guanidine groups is 1. The van der Waals surface area contributed by atoms with Gasteiger partial charge in [0.1, 0.15) is 17.6 Å². The van der Waals surface area contributed by atoms with Crippen molar-refractivity contribution in [2.75, 3.05) is 13.1 Å². The second-order valence-corrected chi connectivity index (χ2v) is 7.15. The van der Waals surface area contributed by atoms with Crippen LogP contribution in [0.2, 0.25) is 0 Å². The van der Waals surface area contributed by atoms with Crippen LogP contribution in [0.3, 0.4) is 0 Å². The number of hydrogen-bond acceptors (Lipinski definition) is 5. The highest BCUT2D eigenvalue weighted by Gasteiger charge is 2.30. The smallest absolute Gasteiger partial charge is 0.408 e. The quantitative estimate of drug-likeness (QED) is 0.290. The SMILES string of the molecule is CCNC(=NCc1ccon1)NCC(CC)(CC)NC(=O)OC(C)(C)C.I. The third-order valence-corrected chi connectivity index (χ3v) is 3.95. The molecule has 9 heteroatoms. The standard InChI is InChI=1S/C18H33N5O3.HI/c1-7-18(8-2,22-16(24)26-17(4,5)6)13-21-15(19-9-3)20-12-14-10-11-25-23-14;/h10-11H,7-9,12-13H2,1-6H3,(H,22,24)(H2,19,20,21);1H. The Kier molecular flexibility index (Phi) is 11.4. The Morgan fingerprint density at radius 1 is 1.22 bits per heavy atom. The number of halogens is 1. The predicted molar refractivity (Wildman–Crippen MR) is 117 cm³/mol. The molecule has 0 aromatic carbocycles. The molecule has 0 fully saturated rings. The fraction of sp³-hybridized carbons (Fsp3) is 0.722. The van der Waals surface area contributed by atoms with Gasteiger partial charge < -0.3 is 25.2 Å². The second-order valence-electron chi connectivity index (χ2n) is 7.15. The third-order valence-electron chi connectivity index (χ3n) is 3.95. The maximum absolute atomic E-state index is 12.2. The first kappa shape index (κ1) is 25.5. The molecule has 0 radical (unpaired) electrons. The van der Waals surface area contributed by atoms with Gasteiger partial charge in [-0.2, -0.15) is 0 Å². The zero-order chi connectivity index (χ0) is 19.6. The number of carbonyl (C=O) groups is 1.